The number of ether oxygens (including phenoxy) is 1. The second kappa shape index (κ2) is 12.8. The average molecular weight is 644 g/mol. The Balaban J connectivity index is 1.79. The number of aliphatic imine (C=N–C) groups is 1. The summed E-state index contributed by atoms with van der Waals surface area (Å²) >= 11 is 6.54. The highest BCUT2D eigenvalue weighted by Gasteiger charge is 2.26. The molecule has 0 aliphatic carbocycles. The largest absolute Gasteiger partial charge is 0.380 e. The first kappa shape index (κ1) is 31.9. The van der Waals surface area contributed by atoms with E-state index < -0.39 is 16.1 Å². The molecule has 2 heterocycles. The maximum atomic E-state index is 14.1. The van der Waals surface area contributed by atoms with E-state index in [9.17, 15) is 13.2 Å². The van der Waals surface area contributed by atoms with E-state index in [-0.39, 0.29) is 12.2 Å². The second-order valence-electron chi connectivity index (χ2n) is 10.8. The third-order valence-electron chi connectivity index (χ3n) is 7.38. The first-order chi connectivity index (χ1) is 21.4. The summed E-state index contributed by atoms with van der Waals surface area (Å²) < 4.78 is 35.8. The van der Waals surface area contributed by atoms with E-state index in [1.807, 2.05) is 75.4 Å². The van der Waals surface area contributed by atoms with E-state index in [1.54, 1.807) is 40.8 Å². The van der Waals surface area contributed by atoms with E-state index in [4.69, 9.17) is 26.4 Å². The summed E-state index contributed by atoms with van der Waals surface area (Å²) in [4.78, 5) is 18.8. The van der Waals surface area contributed by atoms with Crippen molar-refractivity contribution in [2.24, 2.45) is 4.99 Å². The second-order valence-corrected chi connectivity index (χ2v) is 12.9. The highest BCUT2D eigenvalue weighted by Crippen LogP contribution is 2.40. The molecular weight excluding hydrogens is 610 g/mol. The number of para-hydroxylation sites is 1. The molecule has 0 amide bonds. The van der Waals surface area contributed by atoms with Crippen molar-refractivity contribution in [1.82, 2.24) is 14.3 Å². The number of aromatic nitrogens is 3. The molecule has 45 heavy (non-hydrogen) atoms. The number of nitrogens with zero attached hydrogens (tertiary/aromatic N) is 4. The molecule has 0 radical (unpaired) electrons. The minimum absolute atomic E-state index is 0.214. The van der Waals surface area contributed by atoms with Crippen molar-refractivity contribution in [1.29, 1.82) is 0 Å². The normalized spacial score (nSPS) is 12.6. The van der Waals surface area contributed by atoms with Crippen LogP contribution in [0.25, 0.3) is 33.3 Å². The Morgan fingerprint density at radius 3 is 2.51 bits per heavy atom. The standard InChI is InChI=1S/C34H34ClN5O4S/c1-7-36-33-30(21(2)3)32(24-16-17-25(20-44-5)28(18-24)38-45(6,42)43)37-40(33)22(4)29-19-23-12-11-15-27(35)31(23)34(41)39(29)26-13-9-8-10-14-26/h7-19,22,38H,2,20H2,1,3-6H3. The molecule has 1 N–H and O–H groups in total. The van der Waals surface area contributed by atoms with Crippen LogP contribution in [0.15, 0.2) is 89.2 Å². The average Bonchev–Trinajstić information content (AvgIpc) is 3.37. The molecule has 9 nitrogen and oxygen atoms in total. The Morgan fingerprint density at radius 1 is 1.13 bits per heavy atom. The number of hydrogen-bond donors (Lipinski definition) is 1. The summed E-state index contributed by atoms with van der Waals surface area (Å²) in [6, 6.07) is 21.6. The van der Waals surface area contributed by atoms with Gasteiger partial charge in [0.15, 0.2) is 5.82 Å². The van der Waals surface area contributed by atoms with Crippen LogP contribution in [-0.4, -0.2) is 42.3 Å². The van der Waals surface area contributed by atoms with Crippen molar-refractivity contribution < 1.29 is 13.2 Å². The maximum absolute atomic E-state index is 14.1. The molecule has 232 valence electrons. The molecule has 5 rings (SSSR count). The third-order valence-corrected chi connectivity index (χ3v) is 8.28. The van der Waals surface area contributed by atoms with Crippen LogP contribution in [0.5, 0.6) is 0 Å². The number of benzene rings is 3. The topological polar surface area (TPSA) is 108 Å². The summed E-state index contributed by atoms with van der Waals surface area (Å²) in [5.74, 6) is 0.546. The predicted molar refractivity (Wildman–Crippen MR) is 184 cm³/mol. The van der Waals surface area contributed by atoms with E-state index in [1.165, 1.54) is 0 Å². The number of halogens is 1. The van der Waals surface area contributed by atoms with Crippen molar-refractivity contribution in [2.75, 3.05) is 18.1 Å². The highest BCUT2D eigenvalue weighted by molar-refractivity contribution is 7.92. The smallest absolute Gasteiger partial charge is 0.264 e. The zero-order valence-electron chi connectivity index (χ0n) is 25.7. The lowest BCUT2D eigenvalue weighted by Gasteiger charge is -2.21. The van der Waals surface area contributed by atoms with E-state index >= 15 is 0 Å². The number of hydrogen-bond acceptors (Lipinski definition) is 6. The first-order valence-corrected chi connectivity index (χ1v) is 16.5. The summed E-state index contributed by atoms with van der Waals surface area (Å²) in [5, 5.41) is 6.57. The van der Waals surface area contributed by atoms with Gasteiger partial charge in [-0.25, -0.2) is 18.1 Å². The van der Waals surface area contributed by atoms with Gasteiger partial charge in [0, 0.05) is 35.7 Å². The highest BCUT2D eigenvalue weighted by atomic mass is 35.5. The third kappa shape index (κ3) is 6.35. The number of fused-ring (bicyclic) bond motifs is 1. The lowest BCUT2D eigenvalue weighted by atomic mass is 10.0. The van der Waals surface area contributed by atoms with Crippen LogP contribution in [0.2, 0.25) is 5.02 Å². The molecule has 0 saturated heterocycles. The fourth-order valence-electron chi connectivity index (χ4n) is 5.45. The quantitative estimate of drug-likeness (QED) is 0.160. The molecule has 0 fully saturated rings. The lowest BCUT2D eigenvalue weighted by Crippen LogP contribution is -2.26. The predicted octanol–water partition coefficient (Wildman–Crippen LogP) is 7.39. The molecule has 2 aromatic heterocycles. The van der Waals surface area contributed by atoms with Crippen LogP contribution in [0.4, 0.5) is 11.5 Å². The molecule has 0 spiro atoms. The van der Waals surface area contributed by atoms with Gasteiger partial charge in [0.25, 0.3) is 5.56 Å². The zero-order chi connectivity index (χ0) is 32.5. The molecular formula is C34H34ClN5O4S. The summed E-state index contributed by atoms with van der Waals surface area (Å²) in [6.45, 7) is 10.1. The fourth-order valence-corrected chi connectivity index (χ4v) is 6.30. The van der Waals surface area contributed by atoms with E-state index in [2.05, 4.69) is 11.3 Å². The van der Waals surface area contributed by atoms with Crippen LogP contribution in [0, 0.1) is 0 Å². The van der Waals surface area contributed by atoms with Crippen molar-refractivity contribution in [3.05, 3.63) is 112 Å². The van der Waals surface area contributed by atoms with Gasteiger partial charge in [-0.3, -0.25) is 14.1 Å². The Kier molecular flexibility index (Phi) is 9.11. The number of rotatable bonds is 10. The van der Waals surface area contributed by atoms with Crippen molar-refractivity contribution in [3.8, 4) is 16.9 Å². The molecule has 0 saturated carbocycles. The fraction of sp³-hybridized carbons (Fsp3) is 0.206. The van der Waals surface area contributed by atoms with Crippen LogP contribution in [0.1, 0.15) is 43.6 Å². The number of anilines is 1. The van der Waals surface area contributed by atoms with Gasteiger partial charge >= 0.3 is 0 Å². The summed E-state index contributed by atoms with van der Waals surface area (Å²) in [6.07, 6.45) is 2.78. The number of pyridine rings is 1. The van der Waals surface area contributed by atoms with Crippen LogP contribution < -0.4 is 10.3 Å². The number of nitrogens with one attached hydrogen (secondary N) is 1. The summed E-state index contributed by atoms with van der Waals surface area (Å²) in [5.41, 5.74) is 4.80. The number of allylic oxidation sites excluding steroid dienone is 1. The molecule has 0 aliphatic heterocycles. The molecule has 0 aliphatic rings. The number of methoxy groups -OCH3 is 1. The van der Waals surface area contributed by atoms with Gasteiger partial charge in [-0.05, 0) is 62.1 Å². The summed E-state index contributed by atoms with van der Waals surface area (Å²) in [7, 11) is -2.03. The molecule has 11 heteroatoms. The number of sulfonamides is 1. The Labute approximate surface area is 267 Å². The minimum atomic E-state index is -3.57. The molecule has 1 atom stereocenters. The monoisotopic (exact) mass is 643 g/mol. The molecule has 5 aromatic rings. The van der Waals surface area contributed by atoms with Gasteiger partial charge in [-0.15, -0.1) is 0 Å². The first-order valence-electron chi connectivity index (χ1n) is 14.2. The zero-order valence-corrected chi connectivity index (χ0v) is 27.3. The van der Waals surface area contributed by atoms with Gasteiger partial charge < -0.3 is 4.74 Å². The molecule has 0 bridgehead atoms. The minimum Gasteiger partial charge on any atom is -0.380 e. The Bertz CT molecular complexity index is 2120. The van der Waals surface area contributed by atoms with Gasteiger partial charge in [0.2, 0.25) is 10.0 Å². The maximum Gasteiger partial charge on any atom is 0.264 e. The Hall–Kier alpha value is -4.51. The van der Waals surface area contributed by atoms with E-state index in [0.29, 0.717) is 66.6 Å². The van der Waals surface area contributed by atoms with Gasteiger partial charge in [-0.1, -0.05) is 60.6 Å². The van der Waals surface area contributed by atoms with Crippen LogP contribution in [0.3, 0.4) is 0 Å². The van der Waals surface area contributed by atoms with Crippen LogP contribution in [-0.2, 0) is 21.4 Å². The van der Waals surface area contributed by atoms with Crippen molar-refractivity contribution >= 4 is 55.7 Å². The molecule has 3 aromatic carbocycles. The van der Waals surface area contributed by atoms with Gasteiger partial charge in [0.05, 0.1) is 40.7 Å². The van der Waals surface area contributed by atoms with Crippen molar-refractivity contribution in [2.45, 2.75) is 33.4 Å². The van der Waals surface area contributed by atoms with E-state index in [0.717, 1.165) is 6.26 Å². The Morgan fingerprint density at radius 2 is 1.87 bits per heavy atom. The van der Waals surface area contributed by atoms with Gasteiger partial charge in [-0.2, -0.15) is 5.10 Å². The SMILES string of the molecule is C=C(C)c1c(-c2ccc(COC)c(NS(C)(=O)=O)c2)nn(C(C)c2cc3cccc(Cl)c3c(=O)n2-c2ccccc2)c1N=CC. The van der Waals surface area contributed by atoms with Crippen LogP contribution >= 0.6 is 11.6 Å². The molecule has 1 unspecified atom stereocenters. The lowest BCUT2D eigenvalue weighted by molar-refractivity contribution is 0.185. The van der Waals surface area contributed by atoms with Crippen molar-refractivity contribution in [3.63, 3.8) is 0 Å². The van der Waals surface area contributed by atoms with Gasteiger partial charge in [0.1, 0.15) is 5.69 Å².